The molecule has 11 aromatic carbocycles. The molecular weight excluding hydrogens is 851 g/mol. The molecule has 0 spiro atoms. The van der Waals surface area contributed by atoms with E-state index in [2.05, 4.69) is 228 Å². The van der Waals surface area contributed by atoms with Gasteiger partial charge in [-0.3, -0.25) is 0 Å². The van der Waals surface area contributed by atoms with Gasteiger partial charge >= 0.3 is 0 Å². The number of nitrogens with zero attached hydrogens (tertiary/aromatic N) is 3. The first-order valence-electron chi connectivity index (χ1n) is 23.1. The molecule has 3 aliphatic rings. The molecule has 12 aromatic rings. The summed E-state index contributed by atoms with van der Waals surface area (Å²) in [5, 5.41) is 15.6. The summed E-state index contributed by atoms with van der Waals surface area (Å²) in [6.07, 6.45) is 9.08. The van der Waals surface area contributed by atoms with Gasteiger partial charge in [0, 0.05) is 56.2 Å². The fourth-order valence-electron chi connectivity index (χ4n) is 11.6. The van der Waals surface area contributed by atoms with Gasteiger partial charge in [0.2, 0.25) is 17.1 Å². The molecule has 1 unspecified atom stereocenters. The topological polar surface area (TPSA) is 11.2 Å². The van der Waals surface area contributed by atoms with Gasteiger partial charge < -0.3 is 9.47 Å². The third-order valence-corrected chi connectivity index (χ3v) is 16.7. The molecule has 15 rings (SSSR count). The minimum Gasteiger partial charge on any atom is -0.309 e. The summed E-state index contributed by atoms with van der Waals surface area (Å²) in [6, 6.07) is 66.6. The Balaban J connectivity index is 0.936. The van der Waals surface area contributed by atoms with Crippen LogP contribution >= 0.6 is 23.5 Å². The smallest absolute Gasteiger partial charge is 0.227 e. The molecule has 3 heterocycles. The summed E-state index contributed by atoms with van der Waals surface area (Å²) in [7, 11) is 0. The zero-order valence-electron chi connectivity index (χ0n) is 36.8. The average molecular weight is 891 g/mol. The highest BCUT2D eigenvalue weighted by Crippen LogP contribution is 2.53. The van der Waals surface area contributed by atoms with Gasteiger partial charge in [-0.2, -0.15) is 4.58 Å². The third kappa shape index (κ3) is 5.47. The van der Waals surface area contributed by atoms with E-state index in [1.54, 1.807) is 0 Å². The summed E-state index contributed by atoms with van der Waals surface area (Å²) in [5.41, 5.74) is 13.4. The van der Waals surface area contributed by atoms with E-state index in [9.17, 15) is 0 Å². The lowest BCUT2D eigenvalue weighted by Gasteiger charge is -2.33. The van der Waals surface area contributed by atoms with Crippen LogP contribution in [-0.4, -0.2) is 15.5 Å². The van der Waals surface area contributed by atoms with E-state index >= 15 is 0 Å². The number of allylic oxidation sites excluding steroid dienone is 3. The van der Waals surface area contributed by atoms with Crippen molar-refractivity contribution in [2.24, 2.45) is 0 Å². The second-order valence-corrected chi connectivity index (χ2v) is 20.7. The van der Waals surface area contributed by atoms with Crippen LogP contribution < -0.4 is 9.48 Å². The Kier molecular flexibility index (Phi) is 7.85. The molecule has 1 aromatic heterocycles. The summed E-state index contributed by atoms with van der Waals surface area (Å²) in [5.74, 6) is 0. The summed E-state index contributed by atoms with van der Waals surface area (Å²) >= 11 is 3.81. The number of aryl methyl sites for hydroxylation is 2. The minimum absolute atomic E-state index is 0.183. The number of aromatic nitrogens is 1. The highest BCUT2D eigenvalue weighted by atomic mass is 32.2. The van der Waals surface area contributed by atoms with Crippen LogP contribution in [0.5, 0.6) is 0 Å². The Bertz CT molecular complexity index is 4180. The van der Waals surface area contributed by atoms with Crippen LogP contribution in [-0.2, 0) is 0 Å². The SMILES string of the molecule is Cc1cc(C)cc(-n2c3cc4c(cc3c3c5ccc6cccc7ccc(cc32)c5c76)SC2C=CC=CC2=[N+]4c2ccc3c(ccc4cc(N5c6ccccc6Sc6ccccc65)ccc43)c2)c1. The number of anilines is 3. The van der Waals surface area contributed by atoms with E-state index < -0.39 is 0 Å². The van der Waals surface area contributed by atoms with Crippen molar-refractivity contribution in [3.63, 3.8) is 0 Å². The molecule has 1 aliphatic carbocycles. The molecule has 0 saturated heterocycles. The molecule has 0 N–H and O–H groups in total. The van der Waals surface area contributed by atoms with Crippen LogP contribution in [0.25, 0.3) is 81.4 Å². The van der Waals surface area contributed by atoms with Crippen molar-refractivity contribution >= 4 is 133 Å². The van der Waals surface area contributed by atoms with Crippen molar-refractivity contribution in [2.45, 2.75) is 33.8 Å². The van der Waals surface area contributed by atoms with E-state index in [1.165, 1.54) is 141 Å². The predicted molar refractivity (Wildman–Crippen MR) is 289 cm³/mol. The van der Waals surface area contributed by atoms with Crippen molar-refractivity contribution in [3.8, 4) is 5.69 Å². The van der Waals surface area contributed by atoms with Gasteiger partial charge in [-0.15, -0.1) is 11.8 Å². The van der Waals surface area contributed by atoms with E-state index in [1.807, 2.05) is 23.5 Å². The fraction of sp³-hybridized carbons (Fsp3) is 0.0484. The van der Waals surface area contributed by atoms with Crippen LogP contribution in [0.15, 0.2) is 215 Å². The van der Waals surface area contributed by atoms with Crippen LogP contribution in [0, 0.1) is 13.8 Å². The van der Waals surface area contributed by atoms with Crippen LogP contribution in [0.1, 0.15) is 11.1 Å². The van der Waals surface area contributed by atoms with Crippen LogP contribution in [0.2, 0.25) is 0 Å². The van der Waals surface area contributed by atoms with Gasteiger partial charge in [-0.25, -0.2) is 0 Å². The number of rotatable bonds is 3. The highest BCUT2D eigenvalue weighted by Gasteiger charge is 2.37. The molecule has 314 valence electrons. The molecule has 3 nitrogen and oxygen atoms in total. The number of thioether (sulfide) groups is 1. The quantitative estimate of drug-likeness (QED) is 0.129. The number of hydrogen-bond donors (Lipinski definition) is 0. The first-order chi connectivity index (χ1) is 33.0. The third-order valence-electron chi connectivity index (χ3n) is 14.4. The maximum absolute atomic E-state index is 2.54. The molecule has 67 heavy (non-hydrogen) atoms. The zero-order chi connectivity index (χ0) is 44.1. The second kappa shape index (κ2) is 14.0. The summed E-state index contributed by atoms with van der Waals surface area (Å²) < 4.78 is 5.08. The number of hydrogen-bond acceptors (Lipinski definition) is 3. The molecule has 0 amide bonds. The Morgan fingerprint density at radius 3 is 1.94 bits per heavy atom. The normalized spacial score (nSPS) is 15.4. The van der Waals surface area contributed by atoms with Crippen LogP contribution in [0.4, 0.5) is 28.4 Å². The fourth-order valence-corrected chi connectivity index (χ4v) is 13.9. The molecule has 1 atom stereocenters. The lowest BCUT2D eigenvalue weighted by molar-refractivity contribution is 1.02. The van der Waals surface area contributed by atoms with Gasteiger partial charge in [-0.1, -0.05) is 121 Å². The summed E-state index contributed by atoms with van der Waals surface area (Å²) in [4.78, 5) is 6.25. The molecule has 0 radical (unpaired) electrons. The lowest BCUT2D eigenvalue weighted by Crippen LogP contribution is -2.29. The van der Waals surface area contributed by atoms with Crippen LogP contribution in [0.3, 0.4) is 0 Å². The Hall–Kier alpha value is -7.57. The number of benzene rings is 11. The average Bonchev–Trinajstić information content (AvgIpc) is 3.67. The highest BCUT2D eigenvalue weighted by molar-refractivity contribution is 8.01. The predicted octanol–water partition coefficient (Wildman–Crippen LogP) is 17.4. The van der Waals surface area contributed by atoms with E-state index in [0.29, 0.717) is 0 Å². The molecule has 0 fully saturated rings. The molecule has 0 bridgehead atoms. The maximum atomic E-state index is 2.54. The largest absolute Gasteiger partial charge is 0.309 e. The van der Waals surface area contributed by atoms with Crippen molar-refractivity contribution in [3.05, 3.63) is 211 Å². The molecule has 0 saturated carbocycles. The first kappa shape index (κ1) is 37.6. The van der Waals surface area contributed by atoms with Crippen molar-refractivity contribution in [2.75, 3.05) is 4.90 Å². The van der Waals surface area contributed by atoms with Crippen molar-refractivity contribution in [1.29, 1.82) is 0 Å². The minimum atomic E-state index is 0.183. The first-order valence-corrected chi connectivity index (χ1v) is 24.8. The lowest BCUT2D eigenvalue weighted by atomic mass is 9.92. The second-order valence-electron chi connectivity index (χ2n) is 18.4. The standard InChI is InChI=1S/C62H40N3S2/c1-36-28-37(2)30-45(29-36)65-53-35-54-59(34-49(53)62-48-25-22-39-11-9-10-38-18-21-42(33-55(62)65)61(48)60(38)39)67-58-17-8-5-14-52(58)64(54)44-24-27-47-41(32-44)20-19-40-31-43(23-26-46(40)47)63-50-12-3-6-15-56(50)66-57-16-7-4-13-51(57)63/h3-35,58H,1-2H3/q+1. The molecular formula is C62H40N3S2+. The van der Waals surface area contributed by atoms with Crippen molar-refractivity contribution in [1.82, 2.24) is 9.14 Å². The van der Waals surface area contributed by atoms with E-state index in [4.69, 9.17) is 0 Å². The van der Waals surface area contributed by atoms with Gasteiger partial charge in [0.05, 0.1) is 27.3 Å². The van der Waals surface area contributed by atoms with Gasteiger partial charge in [-0.05, 0) is 146 Å². The molecule has 2 aliphatic heterocycles. The Morgan fingerprint density at radius 1 is 0.463 bits per heavy atom. The Labute approximate surface area is 395 Å². The Morgan fingerprint density at radius 2 is 1.15 bits per heavy atom. The van der Waals surface area contributed by atoms with E-state index in [-0.39, 0.29) is 5.25 Å². The van der Waals surface area contributed by atoms with Crippen molar-refractivity contribution < 1.29 is 0 Å². The molecule has 5 heteroatoms. The van der Waals surface area contributed by atoms with Gasteiger partial charge in [0.25, 0.3) is 0 Å². The van der Waals surface area contributed by atoms with E-state index in [0.717, 1.165) is 0 Å². The van der Waals surface area contributed by atoms with Gasteiger partial charge in [0.15, 0.2) is 0 Å². The zero-order valence-corrected chi connectivity index (χ0v) is 38.4. The maximum Gasteiger partial charge on any atom is 0.227 e. The summed E-state index contributed by atoms with van der Waals surface area (Å²) in [6.45, 7) is 4.43. The van der Waals surface area contributed by atoms with Gasteiger partial charge in [0.1, 0.15) is 5.25 Å². The monoisotopic (exact) mass is 890 g/mol. The number of fused-ring (bicyclic) bond motifs is 11. The number of para-hydroxylation sites is 2.